The van der Waals surface area contributed by atoms with Gasteiger partial charge in [0.15, 0.2) is 0 Å². The molecule has 0 aliphatic carbocycles. The molecule has 0 bridgehead atoms. The number of aromatic nitrogens is 1. The summed E-state index contributed by atoms with van der Waals surface area (Å²) in [6.45, 7) is 6.33. The standard InChI is InChI=1S/C22H30N4O3S2/c1-17-15-30-22(24-17)31-16-18-4-6-19(7-5-18)21(28)26-11-9-25(10-12-26)14-20(27)23-8-3-13-29-2/h4-7,15H,3,8-14,16H2,1-2H3,(H,23,27). The maximum absolute atomic E-state index is 12.8. The molecule has 0 radical (unpaired) electrons. The van der Waals surface area contributed by atoms with Crippen LogP contribution in [-0.2, 0) is 15.3 Å². The van der Waals surface area contributed by atoms with E-state index < -0.39 is 0 Å². The second-order valence-corrected chi connectivity index (χ2v) is 9.59. The highest BCUT2D eigenvalue weighted by molar-refractivity contribution is 8.00. The van der Waals surface area contributed by atoms with Gasteiger partial charge in [-0.05, 0) is 31.0 Å². The lowest BCUT2D eigenvalue weighted by Gasteiger charge is -2.34. The quantitative estimate of drug-likeness (QED) is 0.432. The molecule has 7 nitrogen and oxygen atoms in total. The van der Waals surface area contributed by atoms with Gasteiger partial charge < -0.3 is 15.0 Å². The number of amides is 2. The van der Waals surface area contributed by atoms with Crippen molar-refractivity contribution in [2.75, 3.05) is 53.0 Å². The van der Waals surface area contributed by atoms with Gasteiger partial charge >= 0.3 is 0 Å². The molecule has 1 N–H and O–H groups in total. The molecule has 2 amide bonds. The number of carbonyl (C=O) groups is 2. The van der Waals surface area contributed by atoms with Crippen molar-refractivity contribution in [2.45, 2.75) is 23.4 Å². The van der Waals surface area contributed by atoms with Gasteiger partial charge in [-0.25, -0.2) is 4.98 Å². The van der Waals surface area contributed by atoms with Crippen molar-refractivity contribution in [1.82, 2.24) is 20.1 Å². The van der Waals surface area contributed by atoms with Gasteiger partial charge in [-0.15, -0.1) is 11.3 Å². The summed E-state index contributed by atoms with van der Waals surface area (Å²) >= 11 is 3.38. The third kappa shape index (κ3) is 7.60. The van der Waals surface area contributed by atoms with Crippen molar-refractivity contribution in [3.63, 3.8) is 0 Å². The Morgan fingerprint density at radius 1 is 1.19 bits per heavy atom. The van der Waals surface area contributed by atoms with Gasteiger partial charge in [-0.3, -0.25) is 14.5 Å². The Bertz CT molecular complexity index is 849. The smallest absolute Gasteiger partial charge is 0.253 e. The number of carbonyl (C=O) groups excluding carboxylic acids is 2. The van der Waals surface area contributed by atoms with Gasteiger partial charge in [0.1, 0.15) is 4.34 Å². The molecule has 2 aromatic rings. The number of methoxy groups -OCH3 is 1. The fraction of sp³-hybridized carbons (Fsp3) is 0.500. The van der Waals surface area contributed by atoms with E-state index in [0.29, 0.717) is 51.4 Å². The van der Waals surface area contributed by atoms with Crippen molar-refractivity contribution >= 4 is 34.9 Å². The molecule has 1 aliphatic heterocycles. The van der Waals surface area contributed by atoms with Crippen molar-refractivity contribution in [1.29, 1.82) is 0 Å². The van der Waals surface area contributed by atoms with Crippen LogP contribution in [0.15, 0.2) is 34.0 Å². The van der Waals surface area contributed by atoms with Crippen LogP contribution in [0.2, 0.25) is 0 Å². The molecule has 1 fully saturated rings. The van der Waals surface area contributed by atoms with E-state index in [-0.39, 0.29) is 11.8 Å². The monoisotopic (exact) mass is 462 g/mol. The van der Waals surface area contributed by atoms with Crippen LogP contribution >= 0.6 is 23.1 Å². The number of aryl methyl sites for hydroxylation is 1. The first-order valence-corrected chi connectivity index (χ1v) is 12.3. The van der Waals surface area contributed by atoms with Crippen LogP contribution in [-0.4, -0.2) is 79.6 Å². The molecule has 1 aliphatic rings. The molecule has 2 heterocycles. The van der Waals surface area contributed by atoms with Crippen LogP contribution in [0.25, 0.3) is 0 Å². The summed E-state index contributed by atoms with van der Waals surface area (Å²) in [5, 5.41) is 4.96. The highest BCUT2D eigenvalue weighted by atomic mass is 32.2. The normalized spacial score (nSPS) is 14.6. The Labute approximate surface area is 192 Å². The molecule has 9 heteroatoms. The van der Waals surface area contributed by atoms with Crippen LogP contribution in [0, 0.1) is 6.92 Å². The molecule has 0 saturated carbocycles. The summed E-state index contributed by atoms with van der Waals surface area (Å²) in [6, 6.07) is 7.85. The molecule has 1 aromatic carbocycles. The molecule has 1 saturated heterocycles. The minimum absolute atomic E-state index is 0.0252. The highest BCUT2D eigenvalue weighted by Crippen LogP contribution is 2.26. The van der Waals surface area contributed by atoms with Gasteiger partial charge in [0.05, 0.1) is 6.54 Å². The van der Waals surface area contributed by atoms with Gasteiger partial charge in [0.25, 0.3) is 5.91 Å². The first kappa shape index (κ1) is 23.7. The fourth-order valence-corrected chi connectivity index (χ4v) is 5.09. The molecule has 31 heavy (non-hydrogen) atoms. The first-order valence-electron chi connectivity index (χ1n) is 10.5. The van der Waals surface area contributed by atoms with Crippen molar-refractivity contribution in [3.05, 3.63) is 46.5 Å². The molecule has 1 aromatic heterocycles. The second-order valence-electron chi connectivity index (χ2n) is 7.51. The Kier molecular flexibility index (Phi) is 9.32. The number of benzene rings is 1. The summed E-state index contributed by atoms with van der Waals surface area (Å²) in [6.07, 6.45) is 0.812. The van der Waals surface area contributed by atoms with E-state index >= 15 is 0 Å². The number of nitrogens with one attached hydrogen (secondary N) is 1. The number of hydrogen-bond donors (Lipinski definition) is 1. The molecule has 168 valence electrons. The maximum atomic E-state index is 12.8. The van der Waals surface area contributed by atoms with E-state index in [4.69, 9.17) is 4.74 Å². The molecule has 3 rings (SSSR count). The van der Waals surface area contributed by atoms with Crippen LogP contribution in [0.3, 0.4) is 0 Å². The third-order valence-electron chi connectivity index (χ3n) is 5.04. The lowest BCUT2D eigenvalue weighted by molar-refractivity contribution is -0.122. The predicted octanol–water partition coefficient (Wildman–Crippen LogP) is 2.65. The van der Waals surface area contributed by atoms with Gasteiger partial charge in [0.2, 0.25) is 5.91 Å². The number of thiazole rings is 1. The largest absolute Gasteiger partial charge is 0.385 e. The zero-order valence-corrected chi connectivity index (χ0v) is 19.8. The predicted molar refractivity (Wildman–Crippen MR) is 125 cm³/mol. The average Bonchev–Trinajstić information content (AvgIpc) is 3.21. The minimum atomic E-state index is 0.0252. The van der Waals surface area contributed by atoms with Crippen molar-refractivity contribution in [2.24, 2.45) is 0 Å². The van der Waals surface area contributed by atoms with Crippen LogP contribution < -0.4 is 5.32 Å². The Morgan fingerprint density at radius 3 is 2.58 bits per heavy atom. The minimum Gasteiger partial charge on any atom is -0.385 e. The third-order valence-corrected chi connectivity index (χ3v) is 7.25. The Hall–Kier alpha value is -1.94. The van der Waals surface area contributed by atoms with Crippen LogP contribution in [0.1, 0.15) is 28.0 Å². The zero-order chi connectivity index (χ0) is 22.1. The number of rotatable bonds is 10. The molecular weight excluding hydrogens is 432 g/mol. The van der Waals surface area contributed by atoms with Gasteiger partial charge in [0, 0.05) is 68.8 Å². The average molecular weight is 463 g/mol. The second kappa shape index (κ2) is 12.2. The van der Waals surface area contributed by atoms with E-state index in [9.17, 15) is 9.59 Å². The maximum Gasteiger partial charge on any atom is 0.253 e. The topological polar surface area (TPSA) is 74.8 Å². The summed E-state index contributed by atoms with van der Waals surface area (Å²) in [4.78, 5) is 33.3. The van der Waals surface area contributed by atoms with Crippen LogP contribution in [0.4, 0.5) is 0 Å². The molecule has 0 atom stereocenters. The number of piperazine rings is 1. The van der Waals surface area contributed by atoms with Gasteiger partial charge in [-0.1, -0.05) is 23.9 Å². The van der Waals surface area contributed by atoms with Crippen LogP contribution in [0.5, 0.6) is 0 Å². The van der Waals surface area contributed by atoms with E-state index in [1.807, 2.05) is 36.1 Å². The number of nitrogens with zero attached hydrogens (tertiary/aromatic N) is 3. The summed E-state index contributed by atoms with van der Waals surface area (Å²) in [5.41, 5.74) is 2.94. The van der Waals surface area contributed by atoms with E-state index in [0.717, 1.165) is 22.2 Å². The van der Waals surface area contributed by atoms with Gasteiger partial charge in [-0.2, -0.15) is 0 Å². The highest BCUT2D eigenvalue weighted by Gasteiger charge is 2.23. The SMILES string of the molecule is COCCCNC(=O)CN1CCN(C(=O)c2ccc(CSc3nc(C)cs3)cc2)CC1. The lowest BCUT2D eigenvalue weighted by atomic mass is 10.1. The zero-order valence-electron chi connectivity index (χ0n) is 18.1. The van der Waals surface area contributed by atoms with E-state index in [2.05, 4.69) is 20.6 Å². The molecule has 0 spiro atoms. The molecule has 0 unspecified atom stereocenters. The van der Waals surface area contributed by atoms with Crippen molar-refractivity contribution < 1.29 is 14.3 Å². The summed E-state index contributed by atoms with van der Waals surface area (Å²) in [7, 11) is 1.65. The summed E-state index contributed by atoms with van der Waals surface area (Å²) < 4.78 is 6.05. The summed E-state index contributed by atoms with van der Waals surface area (Å²) in [5.74, 6) is 0.920. The van der Waals surface area contributed by atoms with Crippen molar-refractivity contribution in [3.8, 4) is 0 Å². The Balaban J connectivity index is 1.40. The molecular formula is C22H30N4O3S2. The van der Waals surface area contributed by atoms with E-state index in [1.165, 1.54) is 5.56 Å². The number of ether oxygens (including phenoxy) is 1. The van der Waals surface area contributed by atoms with E-state index in [1.54, 1.807) is 30.2 Å². The fourth-order valence-electron chi connectivity index (χ4n) is 3.28. The number of hydrogen-bond acceptors (Lipinski definition) is 7. The first-order chi connectivity index (χ1) is 15.0. The Morgan fingerprint density at radius 2 is 1.94 bits per heavy atom. The number of thioether (sulfide) groups is 1. The lowest BCUT2D eigenvalue weighted by Crippen LogP contribution is -2.51.